The molecule has 0 unspecified atom stereocenters. The van der Waals surface area contributed by atoms with Crippen LogP contribution in [-0.2, 0) is 13.0 Å². The van der Waals surface area contributed by atoms with Gasteiger partial charge in [-0.05, 0) is 38.4 Å². The van der Waals surface area contributed by atoms with E-state index in [0.29, 0.717) is 0 Å². The van der Waals surface area contributed by atoms with E-state index < -0.39 is 0 Å². The monoisotopic (exact) mass is 266 g/mol. The highest BCUT2D eigenvalue weighted by Crippen LogP contribution is 2.21. The molecule has 1 aliphatic rings. The SMILES string of the molecule is CCc1ccc(CNCCN(C)C2CCCC2)s1. The lowest BCUT2D eigenvalue weighted by atomic mass is 10.2. The fourth-order valence-electron chi connectivity index (χ4n) is 2.70. The van der Waals surface area contributed by atoms with Gasteiger partial charge in [-0.1, -0.05) is 19.8 Å². The molecular formula is C15H26N2S. The summed E-state index contributed by atoms with van der Waals surface area (Å²) in [4.78, 5) is 5.50. The molecule has 1 fully saturated rings. The minimum atomic E-state index is 0.847. The minimum absolute atomic E-state index is 0.847. The molecule has 18 heavy (non-hydrogen) atoms. The Bertz CT molecular complexity index is 342. The van der Waals surface area contributed by atoms with Crippen LogP contribution in [0, 0.1) is 0 Å². The molecule has 0 atom stereocenters. The standard InChI is InChI=1S/C15H26N2S/c1-3-14-8-9-15(18-14)12-16-10-11-17(2)13-6-4-5-7-13/h8-9,13,16H,3-7,10-12H2,1-2H3. The lowest BCUT2D eigenvalue weighted by Gasteiger charge is -2.23. The third-order valence-corrected chi connectivity index (χ3v) is 5.18. The first-order valence-electron chi connectivity index (χ1n) is 7.28. The van der Waals surface area contributed by atoms with Crippen LogP contribution in [0.2, 0.25) is 0 Å². The van der Waals surface area contributed by atoms with Gasteiger partial charge in [0, 0.05) is 35.4 Å². The summed E-state index contributed by atoms with van der Waals surface area (Å²) in [5.74, 6) is 0. The van der Waals surface area contributed by atoms with Crippen LogP contribution in [0.4, 0.5) is 0 Å². The van der Waals surface area contributed by atoms with Crippen LogP contribution in [0.1, 0.15) is 42.4 Å². The topological polar surface area (TPSA) is 15.3 Å². The normalized spacial score (nSPS) is 16.8. The lowest BCUT2D eigenvalue weighted by Crippen LogP contribution is -2.35. The van der Waals surface area contributed by atoms with Crippen molar-refractivity contribution in [2.45, 2.75) is 51.6 Å². The maximum Gasteiger partial charge on any atom is 0.0300 e. The molecule has 1 aromatic rings. The third kappa shape index (κ3) is 4.08. The fraction of sp³-hybridized carbons (Fsp3) is 0.733. The van der Waals surface area contributed by atoms with E-state index in [2.05, 4.69) is 36.3 Å². The van der Waals surface area contributed by atoms with Crippen LogP contribution in [0.5, 0.6) is 0 Å². The van der Waals surface area contributed by atoms with Crippen LogP contribution < -0.4 is 5.32 Å². The zero-order valence-corrected chi connectivity index (χ0v) is 12.6. The molecule has 1 N–H and O–H groups in total. The first kappa shape index (κ1) is 14.0. The van der Waals surface area contributed by atoms with Gasteiger partial charge in [0.1, 0.15) is 0 Å². The average Bonchev–Trinajstić information content (AvgIpc) is 3.05. The summed E-state index contributed by atoms with van der Waals surface area (Å²) in [6, 6.07) is 5.36. The molecule has 2 nitrogen and oxygen atoms in total. The average molecular weight is 266 g/mol. The van der Waals surface area contributed by atoms with E-state index in [4.69, 9.17) is 0 Å². The van der Waals surface area contributed by atoms with Gasteiger partial charge in [0.2, 0.25) is 0 Å². The molecule has 0 aliphatic heterocycles. The largest absolute Gasteiger partial charge is 0.311 e. The van der Waals surface area contributed by atoms with E-state index in [-0.39, 0.29) is 0 Å². The van der Waals surface area contributed by atoms with Gasteiger partial charge in [0.25, 0.3) is 0 Å². The number of nitrogens with zero attached hydrogens (tertiary/aromatic N) is 1. The van der Waals surface area contributed by atoms with Crippen molar-refractivity contribution >= 4 is 11.3 Å². The van der Waals surface area contributed by atoms with E-state index in [1.165, 1.54) is 42.0 Å². The van der Waals surface area contributed by atoms with Gasteiger partial charge in [0.05, 0.1) is 0 Å². The second kappa shape index (κ2) is 7.27. The Morgan fingerprint density at radius 3 is 2.67 bits per heavy atom. The molecule has 0 radical (unpaired) electrons. The van der Waals surface area contributed by atoms with E-state index in [9.17, 15) is 0 Å². The van der Waals surface area contributed by atoms with Gasteiger partial charge in [-0.15, -0.1) is 11.3 Å². The molecule has 2 rings (SSSR count). The number of thiophene rings is 1. The zero-order valence-electron chi connectivity index (χ0n) is 11.7. The maximum atomic E-state index is 3.56. The summed E-state index contributed by atoms with van der Waals surface area (Å²) in [6.07, 6.45) is 6.83. The van der Waals surface area contributed by atoms with Crippen LogP contribution in [0.15, 0.2) is 12.1 Å². The molecule has 0 spiro atoms. The van der Waals surface area contributed by atoms with Gasteiger partial charge >= 0.3 is 0 Å². The second-order valence-corrected chi connectivity index (χ2v) is 6.57. The van der Waals surface area contributed by atoms with Gasteiger partial charge in [-0.2, -0.15) is 0 Å². The number of nitrogens with one attached hydrogen (secondary N) is 1. The number of aryl methyl sites for hydroxylation is 1. The van der Waals surface area contributed by atoms with Gasteiger partial charge < -0.3 is 10.2 Å². The van der Waals surface area contributed by atoms with Crippen molar-refractivity contribution in [1.82, 2.24) is 10.2 Å². The van der Waals surface area contributed by atoms with E-state index in [1.807, 2.05) is 11.3 Å². The quantitative estimate of drug-likeness (QED) is 0.762. The molecule has 0 bridgehead atoms. The Balaban J connectivity index is 1.60. The van der Waals surface area contributed by atoms with Crippen molar-refractivity contribution < 1.29 is 0 Å². The first-order valence-corrected chi connectivity index (χ1v) is 8.09. The summed E-state index contributed by atoms with van der Waals surface area (Å²) < 4.78 is 0. The third-order valence-electron chi connectivity index (χ3n) is 3.95. The van der Waals surface area contributed by atoms with Crippen molar-refractivity contribution in [2.24, 2.45) is 0 Å². The molecule has 1 saturated carbocycles. The molecular weight excluding hydrogens is 240 g/mol. The molecule has 1 aliphatic carbocycles. The van der Waals surface area contributed by atoms with Crippen LogP contribution in [-0.4, -0.2) is 31.1 Å². The Labute approximate surface area is 115 Å². The molecule has 1 heterocycles. The molecule has 1 aromatic heterocycles. The van der Waals surface area contributed by atoms with Gasteiger partial charge in [-0.3, -0.25) is 0 Å². The van der Waals surface area contributed by atoms with Gasteiger partial charge in [0.15, 0.2) is 0 Å². The zero-order chi connectivity index (χ0) is 12.8. The van der Waals surface area contributed by atoms with Crippen LogP contribution >= 0.6 is 11.3 Å². The number of rotatable bonds is 7. The molecule has 0 aromatic carbocycles. The predicted octanol–water partition coefficient (Wildman–Crippen LogP) is 3.27. The number of hydrogen-bond acceptors (Lipinski definition) is 3. The Morgan fingerprint density at radius 1 is 1.28 bits per heavy atom. The van der Waals surface area contributed by atoms with Crippen LogP contribution in [0.3, 0.4) is 0 Å². The minimum Gasteiger partial charge on any atom is -0.311 e. The van der Waals surface area contributed by atoms with Crippen molar-refractivity contribution in [1.29, 1.82) is 0 Å². The number of hydrogen-bond donors (Lipinski definition) is 1. The van der Waals surface area contributed by atoms with Crippen molar-refractivity contribution in [3.8, 4) is 0 Å². The van der Waals surface area contributed by atoms with E-state index in [1.54, 1.807) is 0 Å². The first-order chi connectivity index (χ1) is 8.79. The summed E-state index contributed by atoms with van der Waals surface area (Å²) in [5.41, 5.74) is 0. The highest BCUT2D eigenvalue weighted by Gasteiger charge is 2.18. The highest BCUT2D eigenvalue weighted by molar-refractivity contribution is 7.11. The van der Waals surface area contributed by atoms with Crippen molar-refractivity contribution in [3.63, 3.8) is 0 Å². The lowest BCUT2D eigenvalue weighted by molar-refractivity contribution is 0.245. The molecule has 0 amide bonds. The van der Waals surface area contributed by atoms with Crippen LogP contribution in [0.25, 0.3) is 0 Å². The van der Waals surface area contributed by atoms with Crippen molar-refractivity contribution in [3.05, 3.63) is 21.9 Å². The predicted molar refractivity (Wildman–Crippen MR) is 80.3 cm³/mol. The second-order valence-electron chi connectivity index (χ2n) is 5.32. The molecule has 102 valence electrons. The molecule has 3 heteroatoms. The van der Waals surface area contributed by atoms with Gasteiger partial charge in [-0.25, -0.2) is 0 Å². The number of likely N-dealkylation sites (N-methyl/N-ethyl adjacent to an activating group) is 1. The highest BCUT2D eigenvalue weighted by atomic mass is 32.1. The smallest absolute Gasteiger partial charge is 0.0300 e. The summed E-state index contributed by atoms with van der Waals surface area (Å²) in [7, 11) is 2.28. The Hall–Kier alpha value is -0.380. The molecule has 0 saturated heterocycles. The Kier molecular flexibility index (Phi) is 5.67. The fourth-order valence-corrected chi connectivity index (χ4v) is 3.63. The summed E-state index contributed by atoms with van der Waals surface area (Å²) >= 11 is 1.94. The summed E-state index contributed by atoms with van der Waals surface area (Å²) in [5, 5.41) is 3.56. The Morgan fingerprint density at radius 2 is 2.00 bits per heavy atom. The maximum absolute atomic E-state index is 3.56. The van der Waals surface area contributed by atoms with E-state index in [0.717, 1.165) is 25.6 Å². The van der Waals surface area contributed by atoms with E-state index >= 15 is 0 Å². The van der Waals surface area contributed by atoms with Crippen molar-refractivity contribution in [2.75, 3.05) is 20.1 Å². The summed E-state index contributed by atoms with van der Waals surface area (Å²) in [6.45, 7) is 5.53.